The minimum absolute atomic E-state index is 0.589. The highest BCUT2D eigenvalue weighted by Gasteiger charge is 2.28. The van der Waals surface area contributed by atoms with Crippen LogP contribution in [0.4, 0.5) is 5.69 Å². The summed E-state index contributed by atoms with van der Waals surface area (Å²) in [5, 5.41) is 14.0. The van der Waals surface area contributed by atoms with E-state index >= 15 is 0 Å². The smallest absolute Gasteiger partial charge is 0.0794 e. The third-order valence-electron chi connectivity index (χ3n) is 3.44. The summed E-state index contributed by atoms with van der Waals surface area (Å²) < 4.78 is 0. The Bertz CT molecular complexity index is 420. The van der Waals surface area contributed by atoms with Gasteiger partial charge in [-0.15, -0.1) is 0 Å². The lowest BCUT2D eigenvalue weighted by Crippen LogP contribution is -2.46. The lowest BCUT2D eigenvalue weighted by Gasteiger charge is -2.38. The SMILES string of the molecule is CNCc1ccc(N2CCCC(C)(O)C2)cc1Cl. The molecule has 0 saturated carbocycles. The molecule has 0 bridgehead atoms. The zero-order chi connectivity index (χ0) is 13.2. The molecule has 0 aliphatic carbocycles. The average Bonchev–Trinajstić information content (AvgIpc) is 2.30. The standard InChI is InChI=1S/C14H21ClN2O/c1-14(18)6-3-7-17(10-14)12-5-4-11(9-16-2)13(15)8-12/h4-5,8,16,18H,3,6-7,9-10H2,1-2H3. The molecule has 2 rings (SSSR count). The van der Waals surface area contributed by atoms with Crippen LogP contribution in [0.1, 0.15) is 25.3 Å². The molecule has 1 aliphatic heterocycles. The molecule has 4 heteroatoms. The monoisotopic (exact) mass is 268 g/mol. The van der Waals surface area contributed by atoms with Gasteiger partial charge in [-0.05, 0) is 44.5 Å². The summed E-state index contributed by atoms with van der Waals surface area (Å²) in [7, 11) is 1.91. The molecule has 1 aromatic carbocycles. The number of hydrogen-bond donors (Lipinski definition) is 2. The van der Waals surface area contributed by atoms with Gasteiger partial charge in [-0.25, -0.2) is 0 Å². The van der Waals surface area contributed by atoms with Gasteiger partial charge in [0.1, 0.15) is 0 Å². The van der Waals surface area contributed by atoms with Gasteiger partial charge >= 0.3 is 0 Å². The molecule has 1 atom stereocenters. The van der Waals surface area contributed by atoms with Crippen LogP contribution in [0.15, 0.2) is 18.2 Å². The van der Waals surface area contributed by atoms with E-state index in [9.17, 15) is 5.11 Å². The van der Waals surface area contributed by atoms with E-state index in [0.717, 1.165) is 42.2 Å². The summed E-state index contributed by atoms with van der Waals surface area (Å²) in [4.78, 5) is 2.21. The first-order valence-corrected chi connectivity index (χ1v) is 6.80. The number of halogens is 1. The van der Waals surface area contributed by atoms with Crippen molar-refractivity contribution in [2.24, 2.45) is 0 Å². The first kappa shape index (κ1) is 13.7. The average molecular weight is 269 g/mol. The van der Waals surface area contributed by atoms with E-state index in [1.165, 1.54) is 0 Å². The van der Waals surface area contributed by atoms with E-state index in [4.69, 9.17) is 11.6 Å². The molecule has 0 aromatic heterocycles. The summed E-state index contributed by atoms with van der Waals surface area (Å²) in [6.07, 6.45) is 1.89. The number of aliphatic hydroxyl groups is 1. The van der Waals surface area contributed by atoms with Crippen molar-refractivity contribution in [3.8, 4) is 0 Å². The number of benzene rings is 1. The Morgan fingerprint density at radius 2 is 2.28 bits per heavy atom. The third-order valence-corrected chi connectivity index (χ3v) is 3.80. The first-order chi connectivity index (χ1) is 8.52. The summed E-state index contributed by atoms with van der Waals surface area (Å²) in [6, 6.07) is 6.13. The normalized spacial score (nSPS) is 24.3. The molecule has 1 saturated heterocycles. The van der Waals surface area contributed by atoms with Crippen LogP contribution in [0.2, 0.25) is 5.02 Å². The van der Waals surface area contributed by atoms with Crippen LogP contribution in [0, 0.1) is 0 Å². The summed E-state index contributed by atoms with van der Waals surface area (Å²) in [5.74, 6) is 0. The van der Waals surface area contributed by atoms with Crippen LogP contribution in [0.5, 0.6) is 0 Å². The minimum atomic E-state index is -0.589. The second-order valence-corrected chi connectivity index (χ2v) is 5.74. The van der Waals surface area contributed by atoms with Crippen LogP contribution in [-0.2, 0) is 6.54 Å². The molecular weight excluding hydrogens is 248 g/mol. The molecule has 3 nitrogen and oxygen atoms in total. The molecule has 0 amide bonds. The predicted molar refractivity (Wildman–Crippen MR) is 76.3 cm³/mol. The van der Waals surface area contributed by atoms with Crippen molar-refractivity contribution in [3.63, 3.8) is 0 Å². The number of nitrogens with one attached hydrogen (secondary N) is 1. The molecule has 1 unspecified atom stereocenters. The predicted octanol–water partition coefficient (Wildman–Crippen LogP) is 2.41. The van der Waals surface area contributed by atoms with Crippen LogP contribution >= 0.6 is 11.6 Å². The maximum atomic E-state index is 10.1. The van der Waals surface area contributed by atoms with E-state index in [1.807, 2.05) is 20.0 Å². The molecule has 1 fully saturated rings. The van der Waals surface area contributed by atoms with Crippen molar-refractivity contribution in [2.75, 3.05) is 25.0 Å². The lowest BCUT2D eigenvalue weighted by molar-refractivity contribution is 0.0449. The van der Waals surface area contributed by atoms with Gasteiger partial charge in [0.25, 0.3) is 0 Å². The Hall–Kier alpha value is -0.770. The highest BCUT2D eigenvalue weighted by Crippen LogP contribution is 2.29. The second-order valence-electron chi connectivity index (χ2n) is 5.33. The Kier molecular flexibility index (Phi) is 4.15. The zero-order valence-corrected chi connectivity index (χ0v) is 11.8. The van der Waals surface area contributed by atoms with E-state index < -0.39 is 5.60 Å². The van der Waals surface area contributed by atoms with Crippen LogP contribution in [-0.4, -0.2) is 30.8 Å². The number of anilines is 1. The van der Waals surface area contributed by atoms with Gasteiger partial charge in [0.2, 0.25) is 0 Å². The maximum Gasteiger partial charge on any atom is 0.0794 e. The quantitative estimate of drug-likeness (QED) is 0.884. The van der Waals surface area contributed by atoms with Crippen LogP contribution in [0.25, 0.3) is 0 Å². The topological polar surface area (TPSA) is 35.5 Å². The van der Waals surface area contributed by atoms with Gasteiger partial charge in [0.05, 0.1) is 5.60 Å². The number of hydrogen-bond acceptors (Lipinski definition) is 3. The number of β-amino-alcohol motifs (C(OH)–C–C–N with tert-alkyl or cyclic N) is 1. The highest BCUT2D eigenvalue weighted by molar-refractivity contribution is 6.31. The molecule has 1 heterocycles. The lowest BCUT2D eigenvalue weighted by atomic mass is 9.94. The van der Waals surface area contributed by atoms with Crippen molar-refractivity contribution in [1.29, 1.82) is 0 Å². The Morgan fingerprint density at radius 3 is 2.89 bits per heavy atom. The fourth-order valence-corrected chi connectivity index (χ4v) is 2.75. The fraction of sp³-hybridized carbons (Fsp3) is 0.571. The van der Waals surface area contributed by atoms with Gasteiger partial charge in [-0.2, -0.15) is 0 Å². The fourth-order valence-electron chi connectivity index (χ4n) is 2.51. The number of nitrogens with zero attached hydrogens (tertiary/aromatic N) is 1. The highest BCUT2D eigenvalue weighted by atomic mass is 35.5. The maximum absolute atomic E-state index is 10.1. The van der Waals surface area contributed by atoms with Gasteiger partial charge in [0.15, 0.2) is 0 Å². The minimum Gasteiger partial charge on any atom is -0.388 e. The summed E-state index contributed by atoms with van der Waals surface area (Å²) in [6.45, 7) is 4.33. The van der Waals surface area contributed by atoms with E-state index in [1.54, 1.807) is 0 Å². The molecule has 0 spiro atoms. The molecule has 1 aromatic rings. The van der Waals surface area contributed by atoms with E-state index in [2.05, 4.69) is 22.3 Å². The van der Waals surface area contributed by atoms with Gasteiger partial charge in [-0.3, -0.25) is 0 Å². The largest absolute Gasteiger partial charge is 0.388 e. The van der Waals surface area contributed by atoms with Crippen molar-refractivity contribution in [2.45, 2.75) is 31.9 Å². The van der Waals surface area contributed by atoms with Crippen LogP contribution in [0.3, 0.4) is 0 Å². The summed E-state index contributed by atoms with van der Waals surface area (Å²) >= 11 is 6.27. The Balaban J connectivity index is 2.16. The number of rotatable bonds is 3. The molecular formula is C14H21ClN2O. The molecule has 0 radical (unpaired) electrons. The van der Waals surface area contributed by atoms with Gasteiger partial charge in [-0.1, -0.05) is 17.7 Å². The molecule has 18 heavy (non-hydrogen) atoms. The molecule has 1 aliphatic rings. The van der Waals surface area contributed by atoms with Crippen LogP contribution < -0.4 is 10.2 Å². The van der Waals surface area contributed by atoms with Gasteiger partial charge in [0, 0.05) is 30.3 Å². The zero-order valence-electron chi connectivity index (χ0n) is 11.0. The Morgan fingerprint density at radius 1 is 1.50 bits per heavy atom. The van der Waals surface area contributed by atoms with E-state index in [-0.39, 0.29) is 0 Å². The second kappa shape index (κ2) is 5.47. The summed E-state index contributed by atoms with van der Waals surface area (Å²) in [5.41, 5.74) is 1.61. The molecule has 100 valence electrons. The van der Waals surface area contributed by atoms with E-state index in [0.29, 0.717) is 6.54 Å². The Labute approximate surface area is 114 Å². The molecule has 2 N–H and O–H groups in total. The van der Waals surface area contributed by atoms with Crippen molar-refractivity contribution in [3.05, 3.63) is 28.8 Å². The number of piperidine rings is 1. The van der Waals surface area contributed by atoms with Crippen molar-refractivity contribution >= 4 is 17.3 Å². The third kappa shape index (κ3) is 3.16. The van der Waals surface area contributed by atoms with Crippen molar-refractivity contribution in [1.82, 2.24) is 5.32 Å². The van der Waals surface area contributed by atoms with Crippen molar-refractivity contribution < 1.29 is 5.11 Å². The first-order valence-electron chi connectivity index (χ1n) is 6.42. The van der Waals surface area contributed by atoms with Gasteiger partial charge < -0.3 is 15.3 Å².